The predicted molar refractivity (Wildman–Crippen MR) is 90.6 cm³/mol. The van der Waals surface area contributed by atoms with Crippen molar-refractivity contribution >= 4 is 31.7 Å². The summed E-state index contributed by atoms with van der Waals surface area (Å²) in [6.07, 6.45) is 0.693. The van der Waals surface area contributed by atoms with Gasteiger partial charge in [0.2, 0.25) is 20.0 Å². The number of hydrogen-bond acceptors (Lipinski definition) is 6. The van der Waals surface area contributed by atoms with E-state index in [-0.39, 0.29) is 35.1 Å². The molecule has 1 fully saturated rings. The Hall–Kier alpha value is -1.85. The molecule has 1 aromatic carbocycles. The lowest BCUT2D eigenvalue weighted by molar-refractivity contribution is -0.140. The lowest BCUT2D eigenvalue weighted by atomic mass is 10.2. The zero-order chi connectivity index (χ0) is 18.8. The van der Waals surface area contributed by atoms with Crippen LogP contribution in [-0.4, -0.2) is 57.7 Å². The first-order valence-electron chi connectivity index (χ1n) is 7.55. The molecular formula is C14H20N2O7S2. The fourth-order valence-corrected chi connectivity index (χ4v) is 5.02. The van der Waals surface area contributed by atoms with E-state index in [2.05, 4.69) is 4.72 Å². The van der Waals surface area contributed by atoms with Gasteiger partial charge in [-0.25, -0.2) is 16.8 Å². The van der Waals surface area contributed by atoms with Crippen LogP contribution in [0.4, 0.5) is 5.69 Å². The Morgan fingerprint density at radius 1 is 1.36 bits per heavy atom. The largest absolute Gasteiger partial charge is 0.495 e. The van der Waals surface area contributed by atoms with Crippen LogP contribution < -0.4 is 9.46 Å². The number of carbonyl (C=O) groups is 1. The number of hydrogen-bond donors (Lipinski definition) is 2. The molecule has 2 N–H and O–H groups in total. The third-order valence-electron chi connectivity index (χ3n) is 3.89. The second kappa shape index (κ2) is 7.18. The van der Waals surface area contributed by atoms with Gasteiger partial charge in [0.1, 0.15) is 16.7 Å². The average molecular weight is 392 g/mol. The van der Waals surface area contributed by atoms with Crippen LogP contribution in [0.1, 0.15) is 19.8 Å². The first-order chi connectivity index (χ1) is 11.6. The predicted octanol–water partition coefficient (Wildman–Crippen LogP) is 0.695. The fourth-order valence-electron chi connectivity index (χ4n) is 2.60. The zero-order valence-corrected chi connectivity index (χ0v) is 15.4. The van der Waals surface area contributed by atoms with Crippen LogP contribution in [0.25, 0.3) is 0 Å². The van der Waals surface area contributed by atoms with Gasteiger partial charge in [0, 0.05) is 12.6 Å². The molecule has 1 atom stereocenters. The molecule has 1 saturated heterocycles. The molecule has 0 saturated carbocycles. The van der Waals surface area contributed by atoms with Crippen molar-refractivity contribution in [1.29, 1.82) is 0 Å². The maximum Gasteiger partial charge on any atom is 0.322 e. The second-order valence-electron chi connectivity index (χ2n) is 5.48. The van der Waals surface area contributed by atoms with Gasteiger partial charge in [-0.05, 0) is 31.9 Å². The SMILES string of the molecule is CCS(=O)(=O)Nc1ccc(S(=O)(=O)N2CCCC2C(=O)O)c(OC)c1. The molecule has 0 amide bonds. The molecule has 2 rings (SSSR count). The van der Waals surface area contributed by atoms with Gasteiger partial charge < -0.3 is 9.84 Å². The highest BCUT2D eigenvalue weighted by molar-refractivity contribution is 7.92. The minimum Gasteiger partial charge on any atom is -0.495 e. The van der Waals surface area contributed by atoms with Crippen molar-refractivity contribution in [3.63, 3.8) is 0 Å². The van der Waals surface area contributed by atoms with Gasteiger partial charge in [0.05, 0.1) is 18.6 Å². The molecule has 9 nitrogen and oxygen atoms in total. The Morgan fingerprint density at radius 3 is 2.60 bits per heavy atom. The number of carboxylic acids is 1. The van der Waals surface area contributed by atoms with E-state index in [1.807, 2.05) is 0 Å². The minimum atomic E-state index is -4.09. The number of benzene rings is 1. The van der Waals surface area contributed by atoms with E-state index in [1.54, 1.807) is 0 Å². The highest BCUT2D eigenvalue weighted by Gasteiger charge is 2.40. The first-order valence-corrected chi connectivity index (χ1v) is 10.6. The van der Waals surface area contributed by atoms with Crippen LogP contribution in [0.3, 0.4) is 0 Å². The van der Waals surface area contributed by atoms with Crippen molar-refractivity contribution in [3.8, 4) is 5.75 Å². The highest BCUT2D eigenvalue weighted by atomic mass is 32.2. The molecule has 0 aromatic heterocycles. The number of nitrogens with one attached hydrogen (secondary N) is 1. The van der Waals surface area contributed by atoms with Gasteiger partial charge in [-0.1, -0.05) is 0 Å². The quantitative estimate of drug-likeness (QED) is 0.698. The van der Waals surface area contributed by atoms with E-state index in [0.29, 0.717) is 6.42 Å². The van der Waals surface area contributed by atoms with Crippen molar-refractivity contribution in [2.45, 2.75) is 30.7 Å². The van der Waals surface area contributed by atoms with E-state index in [0.717, 1.165) is 4.31 Å². The molecule has 1 aromatic rings. The summed E-state index contributed by atoms with van der Waals surface area (Å²) in [6, 6.07) is 2.65. The second-order valence-corrected chi connectivity index (χ2v) is 9.35. The van der Waals surface area contributed by atoms with Gasteiger partial charge in [-0.2, -0.15) is 4.31 Å². The summed E-state index contributed by atoms with van der Waals surface area (Å²) in [5.41, 5.74) is 0.161. The van der Waals surface area contributed by atoms with Gasteiger partial charge >= 0.3 is 5.97 Å². The van der Waals surface area contributed by atoms with E-state index in [4.69, 9.17) is 4.74 Å². The molecule has 1 heterocycles. The number of rotatable bonds is 7. The molecule has 0 aliphatic carbocycles. The molecule has 11 heteroatoms. The molecule has 1 aliphatic rings. The molecule has 0 radical (unpaired) electrons. The van der Waals surface area contributed by atoms with Crippen molar-refractivity contribution < 1.29 is 31.5 Å². The monoisotopic (exact) mass is 392 g/mol. The third-order valence-corrected chi connectivity index (χ3v) is 7.15. The lowest BCUT2D eigenvalue weighted by Gasteiger charge is -2.22. The number of methoxy groups -OCH3 is 1. The summed E-state index contributed by atoms with van der Waals surface area (Å²) in [5.74, 6) is -1.40. The molecule has 0 bridgehead atoms. The highest BCUT2D eigenvalue weighted by Crippen LogP contribution is 2.33. The molecule has 140 valence electrons. The normalized spacial score (nSPS) is 18.9. The van der Waals surface area contributed by atoms with Crippen LogP contribution in [0.2, 0.25) is 0 Å². The standard InChI is InChI=1S/C14H20N2O7S2/c1-3-24(19,20)15-10-6-7-13(12(9-10)23-2)25(21,22)16-8-4-5-11(16)14(17)18/h6-7,9,11,15H,3-5,8H2,1-2H3,(H,17,18). The van der Waals surface area contributed by atoms with Crippen LogP contribution in [0.5, 0.6) is 5.75 Å². The van der Waals surface area contributed by atoms with Crippen molar-refractivity contribution in [2.75, 3.05) is 24.1 Å². The average Bonchev–Trinajstić information content (AvgIpc) is 3.05. The molecule has 1 aliphatic heterocycles. The van der Waals surface area contributed by atoms with E-state index in [1.165, 1.54) is 32.2 Å². The maximum absolute atomic E-state index is 12.8. The number of sulfonamides is 2. The summed E-state index contributed by atoms with van der Waals surface area (Å²) in [6.45, 7) is 1.57. The molecule has 25 heavy (non-hydrogen) atoms. The Kier molecular flexibility index (Phi) is 5.59. The molecule has 0 spiro atoms. The summed E-state index contributed by atoms with van der Waals surface area (Å²) in [5, 5.41) is 9.21. The van der Waals surface area contributed by atoms with Crippen molar-refractivity contribution in [2.24, 2.45) is 0 Å². The summed E-state index contributed by atoms with van der Waals surface area (Å²) < 4.78 is 57.2. The number of nitrogens with zero attached hydrogens (tertiary/aromatic N) is 1. The Labute approximate surface area is 146 Å². The summed E-state index contributed by atoms with van der Waals surface area (Å²) in [4.78, 5) is 11.1. The molecule has 1 unspecified atom stereocenters. The van der Waals surface area contributed by atoms with Gasteiger partial charge in [0.25, 0.3) is 0 Å². The van der Waals surface area contributed by atoms with Crippen LogP contribution in [0, 0.1) is 0 Å². The van der Waals surface area contributed by atoms with Crippen molar-refractivity contribution in [1.82, 2.24) is 4.31 Å². The van der Waals surface area contributed by atoms with E-state index in [9.17, 15) is 26.7 Å². The third kappa shape index (κ3) is 4.05. The Balaban J connectivity index is 2.43. The van der Waals surface area contributed by atoms with E-state index < -0.39 is 32.1 Å². The number of ether oxygens (including phenoxy) is 1. The summed E-state index contributed by atoms with van der Waals surface area (Å²) >= 11 is 0. The van der Waals surface area contributed by atoms with Gasteiger partial charge in [0.15, 0.2) is 0 Å². The minimum absolute atomic E-state index is 0.0626. The first kappa shape index (κ1) is 19.5. The Morgan fingerprint density at radius 2 is 2.04 bits per heavy atom. The van der Waals surface area contributed by atoms with E-state index >= 15 is 0 Å². The zero-order valence-electron chi connectivity index (χ0n) is 13.8. The Bertz CT molecular complexity index is 865. The smallest absolute Gasteiger partial charge is 0.322 e. The van der Waals surface area contributed by atoms with Gasteiger partial charge in [-0.3, -0.25) is 9.52 Å². The number of anilines is 1. The number of carboxylic acid groups (broad SMARTS) is 1. The van der Waals surface area contributed by atoms with Crippen LogP contribution in [0.15, 0.2) is 23.1 Å². The van der Waals surface area contributed by atoms with Crippen LogP contribution >= 0.6 is 0 Å². The van der Waals surface area contributed by atoms with Crippen molar-refractivity contribution in [3.05, 3.63) is 18.2 Å². The lowest BCUT2D eigenvalue weighted by Crippen LogP contribution is -2.40. The summed E-state index contributed by atoms with van der Waals surface area (Å²) in [7, 11) is -6.36. The van der Waals surface area contributed by atoms with Gasteiger partial charge in [-0.15, -0.1) is 0 Å². The fraction of sp³-hybridized carbons (Fsp3) is 0.500. The maximum atomic E-state index is 12.8. The number of aliphatic carboxylic acids is 1. The van der Waals surface area contributed by atoms with Crippen LogP contribution in [-0.2, 0) is 24.8 Å². The topological polar surface area (TPSA) is 130 Å². The molecular weight excluding hydrogens is 372 g/mol.